The van der Waals surface area contributed by atoms with Gasteiger partial charge in [-0.15, -0.1) is 0 Å². The summed E-state index contributed by atoms with van der Waals surface area (Å²) >= 11 is 12.3. The standard InChI is InChI=1S/C25H20Cl2N2O2/c1-14-7-12-19(13-15(14)2)28-23-22(17-8-10-18(26)11-9-17)24(30)29(25(23)31)21-6-4-5-20(27)16(21)3/h4-13,28H,1-3H3. The molecule has 0 spiro atoms. The lowest BCUT2D eigenvalue weighted by atomic mass is 10.0. The number of amides is 2. The van der Waals surface area contributed by atoms with E-state index in [1.54, 1.807) is 49.4 Å². The van der Waals surface area contributed by atoms with Crippen LogP contribution in [0.1, 0.15) is 22.3 Å². The van der Waals surface area contributed by atoms with Gasteiger partial charge in [-0.05, 0) is 79.4 Å². The molecule has 0 saturated carbocycles. The molecule has 2 amide bonds. The smallest absolute Gasteiger partial charge is 0.282 e. The number of carbonyl (C=O) groups is 2. The lowest BCUT2D eigenvalue weighted by Crippen LogP contribution is -2.33. The van der Waals surface area contributed by atoms with Gasteiger partial charge in [-0.25, -0.2) is 4.90 Å². The number of hydrogen-bond acceptors (Lipinski definition) is 3. The Bertz CT molecular complexity index is 1250. The zero-order valence-corrected chi connectivity index (χ0v) is 18.8. The van der Waals surface area contributed by atoms with E-state index in [0.717, 1.165) is 16.8 Å². The number of imide groups is 1. The summed E-state index contributed by atoms with van der Waals surface area (Å²) in [5.74, 6) is -0.845. The summed E-state index contributed by atoms with van der Waals surface area (Å²) in [5, 5.41) is 4.22. The van der Waals surface area contributed by atoms with Crippen molar-refractivity contribution in [3.63, 3.8) is 0 Å². The van der Waals surface area contributed by atoms with Crippen molar-refractivity contribution in [2.24, 2.45) is 0 Å². The number of nitrogens with one attached hydrogen (secondary N) is 1. The quantitative estimate of drug-likeness (QED) is 0.473. The molecule has 0 unspecified atom stereocenters. The number of aryl methyl sites for hydroxylation is 2. The third-order valence-corrected chi connectivity index (χ3v) is 6.13. The topological polar surface area (TPSA) is 49.4 Å². The highest BCUT2D eigenvalue weighted by Gasteiger charge is 2.41. The first-order chi connectivity index (χ1) is 14.8. The molecule has 0 fully saturated rings. The van der Waals surface area contributed by atoms with Gasteiger partial charge in [0.05, 0.1) is 11.3 Å². The average Bonchev–Trinajstić information content (AvgIpc) is 2.97. The van der Waals surface area contributed by atoms with E-state index in [1.165, 1.54) is 4.90 Å². The van der Waals surface area contributed by atoms with Gasteiger partial charge in [-0.3, -0.25) is 9.59 Å². The van der Waals surface area contributed by atoms with Crippen LogP contribution in [0.15, 0.2) is 66.4 Å². The molecule has 1 heterocycles. The minimum Gasteiger partial charge on any atom is -0.350 e. The van der Waals surface area contributed by atoms with Gasteiger partial charge in [0.2, 0.25) is 0 Å². The van der Waals surface area contributed by atoms with E-state index in [9.17, 15) is 9.59 Å². The van der Waals surface area contributed by atoms with Crippen LogP contribution >= 0.6 is 23.2 Å². The molecule has 0 saturated heterocycles. The van der Waals surface area contributed by atoms with Crippen LogP contribution in [0, 0.1) is 20.8 Å². The Labute approximate surface area is 191 Å². The third kappa shape index (κ3) is 3.85. The third-order valence-electron chi connectivity index (χ3n) is 5.47. The molecule has 4 nitrogen and oxygen atoms in total. The SMILES string of the molecule is Cc1ccc(NC2=C(c3ccc(Cl)cc3)C(=O)N(c3cccc(Cl)c3C)C2=O)cc1C. The minimum absolute atomic E-state index is 0.218. The molecule has 0 aliphatic carbocycles. The van der Waals surface area contributed by atoms with E-state index >= 15 is 0 Å². The monoisotopic (exact) mass is 450 g/mol. The van der Waals surface area contributed by atoms with Crippen LogP contribution in [0.2, 0.25) is 10.0 Å². The van der Waals surface area contributed by atoms with Crippen molar-refractivity contribution in [3.8, 4) is 0 Å². The molecule has 0 aromatic heterocycles. The molecule has 156 valence electrons. The number of benzene rings is 3. The lowest BCUT2D eigenvalue weighted by Gasteiger charge is -2.18. The maximum atomic E-state index is 13.5. The Kier molecular flexibility index (Phi) is 5.61. The molecule has 1 aliphatic rings. The van der Waals surface area contributed by atoms with Crippen molar-refractivity contribution in [2.75, 3.05) is 10.2 Å². The first-order valence-corrected chi connectivity index (χ1v) is 10.5. The largest absolute Gasteiger partial charge is 0.350 e. The average molecular weight is 451 g/mol. The summed E-state index contributed by atoms with van der Waals surface area (Å²) in [6.07, 6.45) is 0. The Morgan fingerprint density at radius 1 is 0.806 bits per heavy atom. The van der Waals surface area contributed by atoms with E-state index in [1.807, 2.05) is 32.0 Å². The van der Waals surface area contributed by atoms with E-state index in [-0.39, 0.29) is 5.70 Å². The van der Waals surface area contributed by atoms with Crippen LogP contribution < -0.4 is 10.2 Å². The van der Waals surface area contributed by atoms with Gasteiger partial charge < -0.3 is 5.32 Å². The van der Waals surface area contributed by atoms with Crippen LogP contribution in [0.5, 0.6) is 0 Å². The molecule has 1 aliphatic heterocycles. The molecular formula is C25H20Cl2N2O2. The van der Waals surface area contributed by atoms with Crippen LogP contribution in [-0.4, -0.2) is 11.8 Å². The normalized spacial score (nSPS) is 13.9. The Morgan fingerprint density at radius 3 is 2.19 bits per heavy atom. The molecule has 0 atom stereocenters. The first-order valence-electron chi connectivity index (χ1n) is 9.76. The fraction of sp³-hybridized carbons (Fsp3) is 0.120. The maximum Gasteiger partial charge on any atom is 0.282 e. The summed E-state index contributed by atoms with van der Waals surface area (Å²) in [6, 6.07) is 17.8. The van der Waals surface area contributed by atoms with E-state index in [4.69, 9.17) is 23.2 Å². The molecule has 3 aromatic rings. The molecule has 4 rings (SSSR count). The Balaban J connectivity index is 1.85. The molecule has 0 bridgehead atoms. The molecular weight excluding hydrogens is 431 g/mol. The minimum atomic E-state index is -0.432. The maximum absolute atomic E-state index is 13.5. The Hall–Kier alpha value is -3.08. The predicted octanol–water partition coefficient (Wildman–Crippen LogP) is 6.32. The van der Waals surface area contributed by atoms with Crippen LogP contribution in [0.3, 0.4) is 0 Å². The lowest BCUT2D eigenvalue weighted by molar-refractivity contribution is -0.120. The van der Waals surface area contributed by atoms with Gasteiger partial charge in [0.25, 0.3) is 11.8 Å². The van der Waals surface area contributed by atoms with Gasteiger partial charge in [0.15, 0.2) is 0 Å². The Morgan fingerprint density at radius 2 is 1.52 bits per heavy atom. The second kappa shape index (κ2) is 8.22. The highest BCUT2D eigenvalue weighted by Crippen LogP contribution is 2.37. The number of carbonyl (C=O) groups excluding carboxylic acids is 2. The number of rotatable bonds is 4. The summed E-state index contributed by atoms with van der Waals surface area (Å²) < 4.78 is 0. The summed E-state index contributed by atoms with van der Waals surface area (Å²) in [5.41, 5.74) is 5.20. The van der Waals surface area contributed by atoms with Crippen LogP contribution in [0.4, 0.5) is 11.4 Å². The van der Waals surface area contributed by atoms with Crippen LogP contribution in [0.25, 0.3) is 5.57 Å². The van der Waals surface area contributed by atoms with Gasteiger partial charge in [0, 0.05) is 15.7 Å². The van der Waals surface area contributed by atoms with Crippen molar-refractivity contribution >= 4 is 52.0 Å². The van der Waals surface area contributed by atoms with E-state index in [0.29, 0.717) is 32.4 Å². The molecule has 6 heteroatoms. The van der Waals surface area contributed by atoms with Crippen molar-refractivity contribution < 1.29 is 9.59 Å². The van der Waals surface area contributed by atoms with Crippen LogP contribution in [-0.2, 0) is 9.59 Å². The fourth-order valence-corrected chi connectivity index (χ4v) is 3.85. The number of nitrogens with zero attached hydrogens (tertiary/aromatic N) is 1. The van der Waals surface area contributed by atoms with Crippen molar-refractivity contribution in [1.82, 2.24) is 0 Å². The first kappa shape index (κ1) is 21.2. The van der Waals surface area contributed by atoms with E-state index in [2.05, 4.69) is 5.32 Å². The molecule has 3 aromatic carbocycles. The fourth-order valence-electron chi connectivity index (χ4n) is 3.55. The predicted molar refractivity (Wildman–Crippen MR) is 127 cm³/mol. The number of halogens is 2. The number of hydrogen-bond donors (Lipinski definition) is 1. The summed E-state index contributed by atoms with van der Waals surface area (Å²) in [6.45, 7) is 5.80. The van der Waals surface area contributed by atoms with Gasteiger partial charge in [-0.1, -0.05) is 47.5 Å². The van der Waals surface area contributed by atoms with Crippen molar-refractivity contribution in [1.29, 1.82) is 0 Å². The zero-order valence-electron chi connectivity index (χ0n) is 17.3. The highest BCUT2D eigenvalue weighted by molar-refractivity contribution is 6.46. The van der Waals surface area contributed by atoms with Gasteiger partial charge >= 0.3 is 0 Å². The zero-order chi connectivity index (χ0) is 22.3. The number of anilines is 2. The van der Waals surface area contributed by atoms with Crippen molar-refractivity contribution in [3.05, 3.63) is 98.7 Å². The van der Waals surface area contributed by atoms with Gasteiger partial charge in [0.1, 0.15) is 5.70 Å². The highest BCUT2D eigenvalue weighted by atomic mass is 35.5. The summed E-state index contributed by atoms with van der Waals surface area (Å²) in [4.78, 5) is 28.2. The molecule has 1 N–H and O–H groups in total. The second-order valence-corrected chi connectivity index (χ2v) is 8.35. The molecule has 31 heavy (non-hydrogen) atoms. The second-order valence-electron chi connectivity index (χ2n) is 7.51. The van der Waals surface area contributed by atoms with E-state index < -0.39 is 11.8 Å². The van der Waals surface area contributed by atoms with Gasteiger partial charge in [-0.2, -0.15) is 0 Å². The van der Waals surface area contributed by atoms with Crippen molar-refractivity contribution in [2.45, 2.75) is 20.8 Å². The summed E-state index contributed by atoms with van der Waals surface area (Å²) in [7, 11) is 0. The molecule has 0 radical (unpaired) electrons.